The van der Waals surface area contributed by atoms with Gasteiger partial charge in [0.2, 0.25) is 0 Å². The molecule has 0 amide bonds. The Kier molecular flexibility index (Phi) is 15.6. The predicted molar refractivity (Wildman–Crippen MR) is 54.2 cm³/mol. The zero-order chi connectivity index (χ0) is 8.53. The Morgan fingerprint density at radius 3 is 2.08 bits per heavy atom. The number of hydrogen-bond acceptors (Lipinski definition) is 1. The van der Waals surface area contributed by atoms with Crippen molar-refractivity contribution >= 4 is 54.9 Å². The Hall–Kier alpha value is 1.04. The number of hydrogen-bond donors (Lipinski definition) is 1. The molecule has 70 valence electrons. The molecule has 0 rings (SSSR count). The summed E-state index contributed by atoms with van der Waals surface area (Å²) in [5.74, 6) is -0.666. The Morgan fingerprint density at radius 2 is 1.58 bits per heavy atom. The summed E-state index contributed by atoms with van der Waals surface area (Å²) in [4.78, 5) is 10.1. The van der Waals surface area contributed by atoms with Gasteiger partial charge in [0.1, 0.15) is 0 Å². The van der Waals surface area contributed by atoms with Crippen molar-refractivity contribution < 1.29 is 9.90 Å². The van der Waals surface area contributed by atoms with Crippen LogP contribution in [0.3, 0.4) is 0 Å². The first-order valence-electron chi connectivity index (χ1n) is 4.49. The zero-order valence-electron chi connectivity index (χ0n) is 7.31. The molecule has 0 aromatic heterocycles. The fourth-order valence-corrected chi connectivity index (χ4v) is 1.06. The maximum atomic E-state index is 10.1. The second-order valence-corrected chi connectivity index (χ2v) is 2.91. The van der Waals surface area contributed by atoms with Crippen LogP contribution < -0.4 is 0 Å². The van der Waals surface area contributed by atoms with Gasteiger partial charge in [-0.1, -0.05) is 39.0 Å². The molecule has 0 aromatic rings. The van der Waals surface area contributed by atoms with Gasteiger partial charge < -0.3 is 5.11 Å². The van der Waals surface area contributed by atoms with Gasteiger partial charge >= 0.3 is 54.9 Å². The van der Waals surface area contributed by atoms with Gasteiger partial charge in [-0.05, 0) is 6.42 Å². The summed E-state index contributed by atoms with van der Waals surface area (Å²) >= 11 is 0. The molecule has 2 nitrogen and oxygen atoms in total. The van der Waals surface area contributed by atoms with Crippen LogP contribution in [0.1, 0.15) is 51.9 Å². The Labute approximate surface area is 115 Å². The minimum absolute atomic E-state index is 0. The molecule has 3 heteroatoms. The Morgan fingerprint density at radius 1 is 1.08 bits per heavy atom. The van der Waals surface area contributed by atoms with E-state index in [9.17, 15) is 4.79 Å². The maximum absolute atomic E-state index is 10.1. The van der Waals surface area contributed by atoms with Crippen molar-refractivity contribution in [3.05, 3.63) is 0 Å². The summed E-state index contributed by atoms with van der Waals surface area (Å²) in [6.45, 7) is 2.18. The van der Waals surface area contributed by atoms with E-state index in [0.717, 1.165) is 12.8 Å². The fourth-order valence-electron chi connectivity index (χ4n) is 1.06. The van der Waals surface area contributed by atoms with Crippen molar-refractivity contribution in [2.45, 2.75) is 51.9 Å². The van der Waals surface area contributed by atoms with Gasteiger partial charge in [-0.3, -0.25) is 4.79 Å². The first-order chi connectivity index (χ1) is 5.27. The van der Waals surface area contributed by atoms with E-state index < -0.39 is 5.97 Å². The van der Waals surface area contributed by atoms with E-state index in [1.807, 2.05) is 0 Å². The van der Waals surface area contributed by atoms with Crippen LogP contribution in [0.5, 0.6) is 0 Å². The van der Waals surface area contributed by atoms with Gasteiger partial charge in [-0.2, -0.15) is 0 Å². The molecule has 0 fully saturated rings. The van der Waals surface area contributed by atoms with Gasteiger partial charge in [0.25, 0.3) is 0 Å². The van der Waals surface area contributed by atoms with E-state index in [1.54, 1.807) is 0 Å². The molecule has 12 heavy (non-hydrogen) atoms. The van der Waals surface area contributed by atoms with E-state index in [2.05, 4.69) is 6.92 Å². The average molecular weight is 298 g/mol. The standard InChI is InChI=1S/C9H18O2.Ba.2H/c1-2-3-4-5-6-7-8-9(10)11;;;/h2-8H2,1H3,(H,10,11);;;. The fraction of sp³-hybridized carbons (Fsp3) is 0.889. The molecule has 0 saturated heterocycles. The molecule has 0 aromatic carbocycles. The monoisotopic (exact) mass is 298 g/mol. The summed E-state index contributed by atoms with van der Waals surface area (Å²) in [6, 6.07) is 0. The van der Waals surface area contributed by atoms with Crippen molar-refractivity contribution in [3.63, 3.8) is 0 Å². The van der Waals surface area contributed by atoms with Crippen LogP contribution in [0.15, 0.2) is 0 Å². The SMILES string of the molecule is CCCCCCCCC(=O)O.[BaH2]. The molecule has 0 saturated carbocycles. The summed E-state index contributed by atoms with van der Waals surface area (Å²) in [5, 5.41) is 8.32. The first-order valence-corrected chi connectivity index (χ1v) is 4.49. The Balaban J connectivity index is 0. The van der Waals surface area contributed by atoms with Crippen LogP contribution in [-0.2, 0) is 4.79 Å². The summed E-state index contributed by atoms with van der Waals surface area (Å²) in [6.07, 6.45) is 7.25. The van der Waals surface area contributed by atoms with Crippen LogP contribution in [0.2, 0.25) is 0 Å². The van der Waals surface area contributed by atoms with E-state index in [4.69, 9.17) is 5.11 Å². The molecule has 0 aliphatic heterocycles. The molecule has 0 spiro atoms. The van der Waals surface area contributed by atoms with Gasteiger partial charge in [-0.25, -0.2) is 0 Å². The second-order valence-electron chi connectivity index (χ2n) is 2.91. The van der Waals surface area contributed by atoms with Crippen LogP contribution in [0.25, 0.3) is 0 Å². The minimum atomic E-state index is -0.666. The van der Waals surface area contributed by atoms with E-state index >= 15 is 0 Å². The second kappa shape index (κ2) is 12.0. The van der Waals surface area contributed by atoms with E-state index in [1.165, 1.54) is 25.7 Å². The third-order valence-corrected chi connectivity index (χ3v) is 1.74. The first kappa shape index (κ1) is 15.5. The van der Waals surface area contributed by atoms with Gasteiger partial charge in [0.05, 0.1) is 0 Å². The molecular weight excluding hydrogens is 277 g/mol. The third-order valence-electron chi connectivity index (χ3n) is 1.74. The van der Waals surface area contributed by atoms with E-state index in [0.29, 0.717) is 6.42 Å². The number of rotatable bonds is 7. The molecule has 0 aliphatic rings. The number of aliphatic carboxylic acids is 1. The number of unbranched alkanes of at least 4 members (excludes halogenated alkanes) is 5. The molecule has 1 N–H and O–H groups in total. The van der Waals surface area contributed by atoms with Gasteiger partial charge in [0, 0.05) is 6.42 Å². The molecule has 0 bridgehead atoms. The van der Waals surface area contributed by atoms with Crippen molar-refractivity contribution in [1.29, 1.82) is 0 Å². The van der Waals surface area contributed by atoms with Crippen molar-refractivity contribution in [2.24, 2.45) is 0 Å². The number of carboxylic acids is 1. The molecule has 0 radical (unpaired) electrons. The van der Waals surface area contributed by atoms with Crippen molar-refractivity contribution in [3.8, 4) is 0 Å². The van der Waals surface area contributed by atoms with Crippen LogP contribution in [-0.4, -0.2) is 60.0 Å². The number of carboxylic acid groups (broad SMARTS) is 1. The summed E-state index contributed by atoms with van der Waals surface area (Å²) < 4.78 is 0. The van der Waals surface area contributed by atoms with Crippen LogP contribution in [0.4, 0.5) is 0 Å². The third kappa shape index (κ3) is 13.6. The molecular formula is C9H20BaO2. The molecule has 0 aliphatic carbocycles. The average Bonchev–Trinajstić information content (AvgIpc) is 1.96. The zero-order valence-corrected chi connectivity index (χ0v) is 7.31. The van der Waals surface area contributed by atoms with Crippen molar-refractivity contribution in [1.82, 2.24) is 0 Å². The van der Waals surface area contributed by atoms with Crippen molar-refractivity contribution in [2.75, 3.05) is 0 Å². The van der Waals surface area contributed by atoms with Gasteiger partial charge in [0.15, 0.2) is 0 Å². The molecule has 0 heterocycles. The summed E-state index contributed by atoms with van der Waals surface area (Å²) in [7, 11) is 0. The van der Waals surface area contributed by atoms with Crippen LogP contribution >= 0.6 is 0 Å². The normalized spacial score (nSPS) is 9.08. The quantitative estimate of drug-likeness (QED) is 0.576. The van der Waals surface area contributed by atoms with E-state index in [-0.39, 0.29) is 48.9 Å². The summed E-state index contributed by atoms with van der Waals surface area (Å²) in [5.41, 5.74) is 0. The molecule has 0 unspecified atom stereocenters. The predicted octanol–water partition coefficient (Wildman–Crippen LogP) is 1.91. The van der Waals surface area contributed by atoms with Gasteiger partial charge in [-0.15, -0.1) is 0 Å². The Bertz CT molecular complexity index is 105. The number of carbonyl (C=O) groups is 1. The van der Waals surface area contributed by atoms with Crippen LogP contribution in [0, 0.1) is 0 Å². The molecule has 0 atom stereocenters. The topological polar surface area (TPSA) is 37.3 Å².